The Morgan fingerprint density at radius 2 is 2.19 bits per heavy atom. The molecule has 0 spiro atoms. The van der Waals surface area contributed by atoms with Gasteiger partial charge in [0.05, 0.1) is 12.2 Å². The first kappa shape index (κ1) is 13.1. The fourth-order valence-corrected chi connectivity index (χ4v) is 1.60. The Bertz CT molecular complexity index is 299. The Morgan fingerprint density at radius 1 is 1.50 bits per heavy atom. The third-order valence-electron chi connectivity index (χ3n) is 2.47. The molecule has 1 unspecified atom stereocenters. The topological polar surface area (TPSA) is 74.3 Å². The fraction of sp³-hybridized carbons (Fsp3) is 0.700. The van der Waals surface area contributed by atoms with Gasteiger partial charge < -0.3 is 9.47 Å². The Labute approximate surface area is 95.7 Å². The molecule has 0 aromatic carbocycles. The molecule has 0 amide bonds. The summed E-state index contributed by atoms with van der Waals surface area (Å²) in [4.78, 5) is 0. The van der Waals surface area contributed by atoms with Crippen LogP contribution >= 0.6 is 0 Å². The molecule has 0 aliphatic rings. The van der Waals surface area contributed by atoms with E-state index in [0.29, 0.717) is 6.42 Å². The molecule has 0 radical (unpaired) electrons. The number of ether oxygens (including phenoxy) is 2. The van der Waals surface area contributed by atoms with Crippen molar-refractivity contribution >= 4 is 0 Å². The highest BCUT2D eigenvalue weighted by atomic mass is 16.7. The zero-order valence-corrected chi connectivity index (χ0v) is 10.0. The average Bonchev–Trinajstić information content (AvgIpc) is 2.77. The zero-order valence-electron chi connectivity index (χ0n) is 10.0. The minimum atomic E-state index is -0.366. The highest BCUT2D eigenvalue weighted by Crippen LogP contribution is 2.07. The van der Waals surface area contributed by atoms with Gasteiger partial charge in [0.2, 0.25) is 0 Å². The van der Waals surface area contributed by atoms with Crippen molar-refractivity contribution in [3.05, 3.63) is 18.0 Å². The van der Waals surface area contributed by atoms with Gasteiger partial charge in [0, 0.05) is 27.0 Å². The Hall–Kier alpha value is -0.950. The summed E-state index contributed by atoms with van der Waals surface area (Å²) in [7, 11) is 3.18. The molecule has 0 aliphatic carbocycles. The average molecular weight is 228 g/mol. The van der Waals surface area contributed by atoms with E-state index in [4.69, 9.17) is 15.3 Å². The van der Waals surface area contributed by atoms with E-state index in [9.17, 15) is 0 Å². The lowest BCUT2D eigenvalue weighted by Gasteiger charge is -2.23. The molecule has 1 aromatic heterocycles. The smallest absolute Gasteiger partial charge is 0.173 e. The van der Waals surface area contributed by atoms with E-state index in [-0.39, 0.29) is 12.3 Å². The van der Waals surface area contributed by atoms with Gasteiger partial charge >= 0.3 is 0 Å². The van der Waals surface area contributed by atoms with Crippen LogP contribution in [0.2, 0.25) is 0 Å². The van der Waals surface area contributed by atoms with Crippen LogP contribution in [0.1, 0.15) is 12.5 Å². The monoisotopic (exact) mass is 228 g/mol. The molecular formula is C10H20N4O2. The summed E-state index contributed by atoms with van der Waals surface area (Å²) in [5.74, 6) is 5.47. The number of methoxy groups -OCH3 is 2. The van der Waals surface area contributed by atoms with Gasteiger partial charge in [-0.05, 0) is 18.9 Å². The van der Waals surface area contributed by atoms with Gasteiger partial charge in [-0.15, -0.1) is 0 Å². The molecule has 1 rings (SSSR count). The summed E-state index contributed by atoms with van der Waals surface area (Å²) in [6.07, 6.45) is 4.17. The maximum absolute atomic E-state index is 5.47. The summed E-state index contributed by atoms with van der Waals surface area (Å²) in [6, 6.07) is -0.0930. The second-order valence-electron chi connectivity index (χ2n) is 3.52. The Balaban J connectivity index is 2.61. The maximum atomic E-state index is 5.47. The summed E-state index contributed by atoms with van der Waals surface area (Å²) in [6.45, 7) is 2.90. The van der Waals surface area contributed by atoms with Gasteiger partial charge in [-0.25, -0.2) is 0 Å². The van der Waals surface area contributed by atoms with E-state index >= 15 is 0 Å². The Kier molecular flexibility index (Phi) is 5.41. The molecule has 0 bridgehead atoms. The van der Waals surface area contributed by atoms with Crippen molar-refractivity contribution in [1.82, 2.24) is 15.2 Å². The van der Waals surface area contributed by atoms with Crippen LogP contribution in [0.15, 0.2) is 12.4 Å². The normalized spacial score (nSPS) is 13.3. The summed E-state index contributed by atoms with van der Waals surface area (Å²) in [5.41, 5.74) is 3.79. The molecule has 16 heavy (non-hydrogen) atoms. The second-order valence-corrected chi connectivity index (χ2v) is 3.52. The van der Waals surface area contributed by atoms with Crippen LogP contribution in [0.25, 0.3) is 0 Å². The molecule has 3 N–H and O–H groups in total. The van der Waals surface area contributed by atoms with Crippen molar-refractivity contribution in [3.63, 3.8) is 0 Å². The van der Waals surface area contributed by atoms with E-state index in [1.165, 1.54) is 0 Å². The van der Waals surface area contributed by atoms with Crippen LogP contribution < -0.4 is 11.3 Å². The standard InChI is InChI=1S/C10H20N4O2/c1-4-14-7-8(6-12-14)5-9(13-11)10(15-2)16-3/h6-7,9-10,13H,4-5,11H2,1-3H3. The molecule has 92 valence electrons. The van der Waals surface area contributed by atoms with Crippen LogP contribution in [-0.2, 0) is 22.4 Å². The predicted octanol–water partition coefficient (Wildman–Crippen LogP) is -0.104. The molecular weight excluding hydrogens is 208 g/mol. The van der Waals surface area contributed by atoms with Crippen LogP contribution in [0.4, 0.5) is 0 Å². The molecule has 1 aromatic rings. The molecule has 0 saturated carbocycles. The number of hydrazine groups is 1. The van der Waals surface area contributed by atoms with Crippen molar-refractivity contribution in [1.29, 1.82) is 0 Å². The highest BCUT2D eigenvalue weighted by molar-refractivity contribution is 5.06. The molecule has 6 nitrogen and oxygen atoms in total. The van der Waals surface area contributed by atoms with E-state index in [1.807, 2.05) is 24.0 Å². The first-order valence-corrected chi connectivity index (χ1v) is 5.28. The number of aromatic nitrogens is 2. The number of hydrogen-bond acceptors (Lipinski definition) is 5. The molecule has 1 atom stereocenters. The first-order valence-electron chi connectivity index (χ1n) is 5.28. The SMILES string of the molecule is CCn1cc(CC(NN)C(OC)OC)cn1. The van der Waals surface area contributed by atoms with Crippen molar-refractivity contribution in [2.24, 2.45) is 5.84 Å². The lowest BCUT2D eigenvalue weighted by Crippen LogP contribution is -2.47. The molecule has 0 aliphatic heterocycles. The molecule has 0 saturated heterocycles. The fourth-order valence-electron chi connectivity index (χ4n) is 1.60. The molecule has 1 heterocycles. The van der Waals surface area contributed by atoms with E-state index in [0.717, 1.165) is 12.1 Å². The Morgan fingerprint density at radius 3 is 2.62 bits per heavy atom. The van der Waals surface area contributed by atoms with Crippen LogP contribution in [0, 0.1) is 0 Å². The maximum Gasteiger partial charge on any atom is 0.173 e. The van der Waals surface area contributed by atoms with Crippen molar-refractivity contribution in [3.8, 4) is 0 Å². The summed E-state index contributed by atoms with van der Waals surface area (Å²) < 4.78 is 12.2. The third-order valence-corrected chi connectivity index (χ3v) is 2.47. The number of aryl methyl sites for hydroxylation is 1. The quantitative estimate of drug-likeness (QED) is 0.387. The van der Waals surface area contributed by atoms with Crippen molar-refractivity contribution in [2.45, 2.75) is 32.2 Å². The molecule has 0 fully saturated rings. The number of rotatable bonds is 7. The number of nitrogens with one attached hydrogen (secondary N) is 1. The highest BCUT2D eigenvalue weighted by Gasteiger charge is 2.20. The zero-order chi connectivity index (χ0) is 12.0. The minimum Gasteiger partial charge on any atom is -0.354 e. The van der Waals surface area contributed by atoms with E-state index in [2.05, 4.69) is 10.5 Å². The van der Waals surface area contributed by atoms with E-state index in [1.54, 1.807) is 14.2 Å². The van der Waals surface area contributed by atoms with E-state index < -0.39 is 0 Å². The van der Waals surface area contributed by atoms with Gasteiger partial charge in [0.1, 0.15) is 0 Å². The predicted molar refractivity (Wildman–Crippen MR) is 60.5 cm³/mol. The number of hydrogen-bond donors (Lipinski definition) is 2. The summed E-state index contributed by atoms with van der Waals surface area (Å²) >= 11 is 0. The number of nitrogens with zero attached hydrogens (tertiary/aromatic N) is 2. The van der Waals surface area contributed by atoms with Crippen molar-refractivity contribution < 1.29 is 9.47 Å². The number of nitrogens with two attached hydrogens (primary N) is 1. The first-order chi connectivity index (χ1) is 7.74. The third kappa shape index (κ3) is 3.28. The van der Waals surface area contributed by atoms with Gasteiger partial charge in [0.25, 0.3) is 0 Å². The van der Waals surface area contributed by atoms with Crippen LogP contribution in [0.3, 0.4) is 0 Å². The van der Waals surface area contributed by atoms with Gasteiger partial charge in [-0.2, -0.15) is 5.10 Å². The van der Waals surface area contributed by atoms with Gasteiger partial charge in [-0.1, -0.05) is 0 Å². The largest absolute Gasteiger partial charge is 0.354 e. The van der Waals surface area contributed by atoms with Gasteiger partial charge in [0.15, 0.2) is 6.29 Å². The van der Waals surface area contributed by atoms with Crippen LogP contribution in [-0.4, -0.2) is 36.3 Å². The van der Waals surface area contributed by atoms with Gasteiger partial charge in [-0.3, -0.25) is 16.0 Å². The lowest BCUT2D eigenvalue weighted by atomic mass is 10.1. The lowest BCUT2D eigenvalue weighted by molar-refractivity contribution is -0.122. The summed E-state index contributed by atoms with van der Waals surface area (Å²) in [5, 5.41) is 4.20. The van der Waals surface area contributed by atoms with Crippen LogP contribution in [0.5, 0.6) is 0 Å². The minimum absolute atomic E-state index is 0.0930. The van der Waals surface area contributed by atoms with Crippen molar-refractivity contribution in [2.75, 3.05) is 14.2 Å². The molecule has 6 heteroatoms. The second kappa shape index (κ2) is 6.59.